The fourth-order valence-corrected chi connectivity index (χ4v) is 6.39. The van der Waals surface area contributed by atoms with Crippen molar-refractivity contribution >= 4 is 11.6 Å². The second kappa shape index (κ2) is 9.09. The molecule has 0 saturated heterocycles. The molecule has 0 aliphatic heterocycles. The van der Waals surface area contributed by atoms with E-state index in [-0.39, 0.29) is 11.3 Å². The van der Waals surface area contributed by atoms with Gasteiger partial charge in [0.15, 0.2) is 11.5 Å². The predicted molar refractivity (Wildman–Crippen MR) is 121 cm³/mol. The van der Waals surface area contributed by atoms with E-state index in [1.165, 1.54) is 38.5 Å². The lowest BCUT2D eigenvalue weighted by Gasteiger charge is -2.56. The van der Waals surface area contributed by atoms with Crippen molar-refractivity contribution in [1.82, 2.24) is 5.43 Å². The van der Waals surface area contributed by atoms with Crippen LogP contribution in [0.15, 0.2) is 17.2 Å². The SMILES string of the molecule is CCOc1cc(C(=O)NN=C(C)C23CC4CC(CC(C4)C2)C3)cc(OCC)c1OCC. The van der Waals surface area contributed by atoms with Crippen LogP contribution in [0.25, 0.3) is 0 Å². The van der Waals surface area contributed by atoms with E-state index in [0.717, 1.165) is 23.5 Å². The van der Waals surface area contributed by atoms with Crippen LogP contribution >= 0.6 is 0 Å². The fraction of sp³-hybridized carbons (Fsp3) is 0.680. The minimum Gasteiger partial charge on any atom is -0.490 e. The molecule has 1 N–H and O–H groups in total. The third-order valence-corrected chi connectivity index (χ3v) is 7.30. The average Bonchev–Trinajstić information content (AvgIpc) is 2.73. The van der Waals surface area contributed by atoms with Crippen LogP contribution in [-0.2, 0) is 0 Å². The molecule has 0 atom stereocenters. The second-order valence-electron chi connectivity index (χ2n) is 9.44. The first kappa shape index (κ1) is 22.0. The van der Waals surface area contributed by atoms with Gasteiger partial charge in [-0.2, -0.15) is 5.10 Å². The minimum absolute atomic E-state index is 0.188. The number of ether oxygens (including phenoxy) is 3. The molecule has 5 rings (SSSR count). The number of nitrogens with zero attached hydrogens (tertiary/aromatic N) is 1. The summed E-state index contributed by atoms with van der Waals surface area (Å²) in [6, 6.07) is 3.42. The zero-order valence-electron chi connectivity index (χ0n) is 19.3. The summed E-state index contributed by atoms with van der Waals surface area (Å²) in [7, 11) is 0. The van der Waals surface area contributed by atoms with E-state index in [0.29, 0.717) is 42.6 Å². The normalized spacial score (nSPS) is 29.0. The molecule has 0 spiro atoms. The van der Waals surface area contributed by atoms with Gasteiger partial charge in [-0.15, -0.1) is 0 Å². The first-order valence-corrected chi connectivity index (χ1v) is 11.9. The van der Waals surface area contributed by atoms with Gasteiger partial charge in [-0.05, 0) is 96.1 Å². The van der Waals surface area contributed by atoms with Gasteiger partial charge >= 0.3 is 0 Å². The molecule has 1 aromatic rings. The van der Waals surface area contributed by atoms with E-state index in [1.807, 2.05) is 20.8 Å². The van der Waals surface area contributed by atoms with Crippen molar-refractivity contribution in [2.45, 2.75) is 66.2 Å². The van der Waals surface area contributed by atoms with Crippen LogP contribution in [0.4, 0.5) is 0 Å². The Balaban J connectivity index is 1.54. The number of amides is 1. The van der Waals surface area contributed by atoms with Gasteiger partial charge in [0.2, 0.25) is 5.75 Å². The molecular formula is C25H36N2O4. The number of carbonyl (C=O) groups excluding carboxylic acids is 1. The Morgan fingerprint density at radius 3 is 1.87 bits per heavy atom. The summed E-state index contributed by atoms with van der Waals surface area (Å²) in [6.07, 6.45) is 7.88. The third kappa shape index (κ3) is 4.39. The molecule has 4 bridgehead atoms. The highest BCUT2D eigenvalue weighted by atomic mass is 16.5. The lowest BCUT2D eigenvalue weighted by atomic mass is 9.48. The maximum absolute atomic E-state index is 13.0. The van der Waals surface area contributed by atoms with Gasteiger partial charge in [-0.3, -0.25) is 4.79 Å². The number of hydrazone groups is 1. The van der Waals surface area contributed by atoms with E-state index in [9.17, 15) is 4.79 Å². The van der Waals surface area contributed by atoms with Crippen molar-refractivity contribution in [3.8, 4) is 17.2 Å². The number of benzene rings is 1. The standard InChI is InChI=1S/C25H36N2O4/c1-5-29-21-11-20(12-22(30-6-2)23(21)31-7-3)24(28)27-26-16(4)25-13-17-8-18(14-25)10-19(9-17)15-25/h11-12,17-19H,5-10,13-15H2,1-4H3,(H,27,28). The van der Waals surface area contributed by atoms with Gasteiger partial charge in [0.05, 0.1) is 19.8 Å². The summed E-state index contributed by atoms with van der Waals surface area (Å²) in [5.74, 6) is 3.86. The van der Waals surface area contributed by atoms with Crippen LogP contribution in [-0.4, -0.2) is 31.4 Å². The smallest absolute Gasteiger partial charge is 0.271 e. The predicted octanol–water partition coefficient (Wildman–Crippen LogP) is 5.20. The monoisotopic (exact) mass is 428 g/mol. The van der Waals surface area contributed by atoms with Crippen LogP contribution < -0.4 is 19.6 Å². The van der Waals surface area contributed by atoms with Gasteiger partial charge in [0.25, 0.3) is 5.91 Å². The molecule has 0 aromatic heterocycles. The van der Waals surface area contributed by atoms with Crippen LogP contribution in [0, 0.1) is 23.2 Å². The molecule has 4 fully saturated rings. The molecule has 6 heteroatoms. The van der Waals surface area contributed by atoms with Crippen LogP contribution in [0.5, 0.6) is 17.2 Å². The molecule has 4 aliphatic rings. The van der Waals surface area contributed by atoms with Crippen LogP contribution in [0.2, 0.25) is 0 Å². The van der Waals surface area contributed by atoms with Crippen molar-refractivity contribution < 1.29 is 19.0 Å². The highest BCUT2D eigenvalue weighted by Crippen LogP contribution is 2.60. The molecule has 6 nitrogen and oxygen atoms in total. The number of hydrogen-bond donors (Lipinski definition) is 1. The lowest BCUT2D eigenvalue weighted by molar-refractivity contribution is -0.0128. The molecule has 1 aromatic carbocycles. The molecule has 31 heavy (non-hydrogen) atoms. The summed E-state index contributed by atoms with van der Waals surface area (Å²) in [4.78, 5) is 13.0. The van der Waals surface area contributed by atoms with Crippen molar-refractivity contribution in [3.05, 3.63) is 17.7 Å². The molecule has 170 valence electrons. The van der Waals surface area contributed by atoms with Gasteiger partial charge in [-0.25, -0.2) is 5.43 Å². The minimum atomic E-state index is -0.256. The lowest BCUT2D eigenvalue weighted by Crippen LogP contribution is -2.49. The molecule has 4 aliphatic carbocycles. The number of nitrogens with one attached hydrogen (secondary N) is 1. The number of carbonyl (C=O) groups is 1. The Hall–Kier alpha value is -2.24. The molecular weight excluding hydrogens is 392 g/mol. The Morgan fingerprint density at radius 2 is 1.42 bits per heavy atom. The van der Waals surface area contributed by atoms with Crippen molar-refractivity contribution in [2.75, 3.05) is 19.8 Å². The van der Waals surface area contributed by atoms with E-state index in [4.69, 9.17) is 14.2 Å². The highest BCUT2D eigenvalue weighted by molar-refractivity contribution is 5.97. The summed E-state index contributed by atoms with van der Waals surface area (Å²) >= 11 is 0. The first-order valence-electron chi connectivity index (χ1n) is 11.9. The summed E-state index contributed by atoms with van der Waals surface area (Å²) in [5, 5.41) is 4.60. The Kier molecular flexibility index (Phi) is 6.44. The zero-order valence-corrected chi connectivity index (χ0v) is 19.3. The molecule has 0 radical (unpaired) electrons. The molecule has 0 unspecified atom stereocenters. The molecule has 1 amide bonds. The van der Waals surface area contributed by atoms with Gasteiger partial charge < -0.3 is 14.2 Å². The fourth-order valence-electron chi connectivity index (χ4n) is 6.39. The summed E-state index contributed by atoms with van der Waals surface area (Å²) in [6.45, 7) is 9.25. The van der Waals surface area contributed by atoms with Crippen molar-refractivity contribution in [2.24, 2.45) is 28.3 Å². The topological polar surface area (TPSA) is 69.2 Å². The largest absolute Gasteiger partial charge is 0.490 e. The summed E-state index contributed by atoms with van der Waals surface area (Å²) < 4.78 is 17.2. The quantitative estimate of drug-likeness (QED) is 0.433. The maximum Gasteiger partial charge on any atom is 0.271 e. The van der Waals surface area contributed by atoms with E-state index < -0.39 is 0 Å². The number of hydrogen-bond acceptors (Lipinski definition) is 5. The highest BCUT2D eigenvalue weighted by Gasteiger charge is 2.52. The Labute approximate surface area is 185 Å². The van der Waals surface area contributed by atoms with Crippen LogP contribution in [0.3, 0.4) is 0 Å². The zero-order chi connectivity index (χ0) is 22.0. The van der Waals surface area contributed by atoms with Gasteiger partial charge in [-0.1, -0.05) is 0 Å². The molecule has 0 heterocycles. The van der Waals surface area contributed by atoms with E-state index in [1.54, 1.807) is 12.1 Å². The number of rotatable bonds is 9. The molecule has 4 saturated carbocycles. The Morgan fingerprint density at radius 1 is 0.935 bits per heavy atom. The summed E-state index contributed by atoms with van der Waals surface area (Å²) in [5.41, 5.74) is 4.54. The van der Waals surface area contributed by atoms with Crippen molar-refractivity contribution in [1.29, 1.82) is 0 Å². The van der Waals surface area contributed by atoms with E-state index >= 15 is 0 Å². The van der Waals surface area contributed by atoms with Gasteiger partial charge in [0, 0.05) is 16.7 Å². The first-order chi connectivity index (χ1) is 15.0. The second-order valence-corrected chi connectivity index (χ2v) is 9.44. The van der Waals surface area contributed by atoms with Gasteiger partial charge in [0.1, 0.15) is 0 Å². The Bertz CT molecular complexity index is 786. The third-order valence-electron chi connectivity index (χ3n) is 7.30. The average molecular weight is 429 g/mol. The van der Waals surface area contributed by atoms with Crippen molar-refractivity contribution in [3.63, 3.8) is 0 Å². The van der Waals surface area contributed by atoms with E-state index in [2.05, 4.69) is 17.5 Å². The maximum atomic E-state index is 13.0. The van der Waals surface area contributed by atoms with Crippen LogP contribution in [0.1, 0.15) is 76.6 Å².